The van der Waals surface area contributed by atoms with Crippen LogP contribution in [0, 0.1) is 5.92 Å². The second kappa shape index (κ2) is 13.1. The molecule has 0 saturated carbocycles. The first-order valence-corrected chi connectivity index (χ1v) is 8.38. The number of hydrogen-bond donors (Lipinski definition) is 2. The van der Waals surface area contributed by atoms with Gasteiger partial charge >= 0.3 is 0 Å². The molecule has 0 bridgehead atoms. The monoisotopic (exact) mass is 426 g/mol. The number of hydrogen-bond acceptors (Lipinski definition) is 5. The molecular weight excluding hydrogens is 403 g/mol. The van der Waals surface area contributed by atoms with Gasteiger partial charge in [0.25, 0.3) is 0 Å². The van der Waals surface area contributed by atoms with E-state index in [1.165, 1.54) is 6.20 Å². The minimum Gasteiger partial charge on any atom is -0.383 e. The van der Waals surface area contributed by atoms with Crippen molar-refractivity contribution >= 4 is 54.0 Å². The number of pyridine rings is 1. The molecule has 2 amide bonds. The highest BCUT2D eigenvalue weighted by Gasteiger charge is 2.27. The zero-order valence-corrected chi connectivity index (χ0v) is 17.0. The molecule has 0 aromatic carbocycles. The Balaban J connectivity index is 0.00000312. The maximum atomic E-state index is 12.3. The van der Waals surface area contributed by atoms with Gasteiger partial charge in [0.15, 0.2) is 0 Å². The van der Waals surface area contributed by atoms with E-state index in [9.17, 15) is 9.59 Å². The number of piperidine rings is 1. The maximum Gasteiger partial charge on any atom is 0.236 e. The Morgan fingerprint density at radius 2 is 2.00 bits per heavy atom. The number of rotatable bonds is 7. The Morgan fingerprint density at radius 1 is 1.31 bits per heavy atom. The predicted molar refractivity (Wildman–Crippen MR) is 106 cm³/mol. The fourth-order valence-corrected chi connectivity index (χ4v) is 2.66. The van der Waals surface area contributed by atoms with Gasteiger partial charge in [-0.05, 0) is 25.0 Å². The van der Waals surface area contributed by atoms with Crippen LogP contribution in [0.3, 0.4) is 0 Å². The third-order valence-electron chi connectivity index (χ3n) is 3.96. The summed E-state index contributed by atoms with van der Waals surface area (Å²) in [5.74, 6) is 0.387. The van der Waals surface area contributed by atoms with E-state index in [1.807, 2.05) is 0 Å². The van der Waals surface area contributed by atoms with Gasteiger partial charge in [0.2, 0.25) is 11.8 Å². The van der Waals surface area contributed by atoms with E-state index in [4.69, 9.17) is 16.3 Å². The first kappa shape index (κ1) is 24.9. The molecule has 0 radical (unpaired) electrons. The number of likely N-dealkylation sites (tertiary alicyclic amines) is 1. The molecule has 0 unspecified atom stereocenters. The molecule has 1 aromatic heterocycles. The fourth-order valence-electron chi connectivity index (χ4n) is 2.55. The van der Waals surface area contributed by atoms with Gasteiger partial charge in [0, 0.05) is 38.9 Å². The van der Waals surface area contributed by atoms with E-state index < -0.39 is 0 Å². The van der Waals surface area contributed by atoms with Crippen molar-refractivity contribution in [1.29, 1.82) is 0 Å². The van der Waals surface area contributed by atoms with Crippen LogP contribution in [0.1, 0.15) is 12.8 Å². The average Bonchev–Trinajstić information content (AvgIpc) is 2.60. The van der Waals surface area contributed by atoms with Crippen molar-refractivity contribution in [3.8, 4) is 0 Å². The van der Waals surface area contributed by atoms with E-state index in [0.717, 1.165) is 0 Å². The van der Waals surface area contributed by atoms with Crippen molar-refractivity contribution in [2.24, 2.45) is 5.92 Å². The number of methoxy groups -OCH3 is 1. The number of halogens is 3. The molecule has 1 fully saturated rings. The van der Waals surface area contributed by atoms with Gasteiger partial charge in [-0.3, -0.25) is 9.59 Å². The van der Waals surface area contributed by atoms with Crippen LogP contribution in [0.5, 0.6) is 0 Å². The van der Waals surface area contributed by atoms with Crippen molar-refractivity contribution in [2.45, 2.75) is 12.8 Å². The van der Waals surface area contributed by atoms with E-state index in [1.54, 1.807) is 24.1 Å². The molecule has 1 saturated heterocycles. The van der Waals surface area contributed by atoms with Gasteiger partial charge in [0.1, 0.15) is 5.82 Å². The van der Waals surface area contributed by atoms with Crippen LogP contribution in [-0.2, 0) is 14.3 Å². The SMILES string of the molecule is COCCNCC(=O)N1CCC(C(=O)Nc2ccc(Cl)cn2)CC1.Cl.Cl. The Morgan fingerprint density at radius 3 is 2.58 bits per heavy atom. The molecule has 1 aliphatic heterocycles. The van der Waals surface area contributed by atoms with Crippen LogP contribution in [0.25, 0.3) is 0 Å². The summed E-state index contributed by atoms with van der Waals surface area (Å²) in [5, 5.41) is 6.36. The van der Waals surface area contributed by atoms with Gasteiger partial charge in [0.05, 0.1) is 18.2 Å². The topological polar surface area (TPSA) is 83.6 Å². The number of aromatic nitrogens is 1. The lowest BCUT2D eigenvalue weighted by molar-refractivity contribution is -0.133. The summed E-state index contributed by atoms with van der Waals surface area (Å²) in [7, 11) is 1.62. The summed E-state index contributed by atoms with van der Waals surface area (Å²) in [4.78, 5) is 30.2. The molecule has 10 heteroatoms. The molecule has 0 aliphatic carbocycles. The standard InChI is InChI=1S/C16H23ClN4O3.2ClH/c1-24-9-6-18-11-15(22)21-7-4-12(5-8-21)16(23)20-14-3-2-13(17)10-19-14;;/h2-3,10,12,18H,4-9,11H2,1H3,(H,19,20,23);2*1H. The number of carbonyl (C=O) groups excluding carboxylic acids is 2. The van der Waals surface area contributed by atoms with Crippen LogP contribution < -0.4 is 10.6 Å². The van der Waals surface area contributed by atoms with Gasteiger partial charge in [-0.15, -0.1) is 24.8 Å². The maximum absolute atomic E-state index is 12.3. The largest absolute Gasteiger partial charge is 0.383 e. The first-order valence-electron chi connectivity index (χ1n) is 8.00. The summed E-state index contributed by atoms with van der Waals surface area (Å²) in [6, 6.07) is 3.35. The zero-order chi connectivity index (χ0) is 17.4. The molecule has 7 nitrogen and oxygen atoms in total. The summed E-state index contributed by atoms with van der Waals surface area (Å²) in [6.45, 7) is 2.71. The zero-order valence-electron chi connectivity index (χ0n) is 14.6. The fraction of sp³-hybridized carbons (Fsp3) is 0.562. The second-order valence-electron chi connectivity index (χ2n) is 5.68. The molecule has 1 aliphatic rings. The van der Waals surface area contributed by atoms with Crippen LogP contribution in [-0.4, -0.2) is 61.6 Å². The normalized spacial score (nSPS) is 14.2. The lowest BCUT2D eigenvalue weighted by atomic mass is 9.96. The number of anilines is 1. The van der Waals surface area contributed by atoms with E-state index in [-0.39, 0.29) is 42.5 Å². The summed E-state index contributed by atoms with van der Waals surface area (Å²) < 4.78 is 4.92. The lowest BCUT2D eigenvalue weighted by Crippen LogP contribution is -2.45. The van der Waals surface area contributed by atoms with Crippen molar-refractivity contribution in [3.63, 3.8) is 0 Å². The van der Waals surface area contributed by atoms with Gasteiger partial charge < -0.3 is 20.3 Å². The molecule has 2 N–H and O–H groups in total. The predicted octanol–water partition coefficient (Wildman–Crippen LogP) is 1.99. The number of nitrogens with zero attached hydrogens (tertiary/aromatic N) is 2. The molecule has 0 atom stereocenters. The van der Waals surface area contributed by atoms with E-state index >= 15 is 0 Å². The van der Waals surface area contributed by atoms with Crippen LogP contribution in [0.15, 0.2) is 18.3 Å². The Bertz CT molecular complexity index is 552. The van der Waals surface area contributed by atoms with Gasteiger partial charge in [-0.1, -0.05) is 11.6 Å². The van der Waals surface area contributed by atoms with Crippen LogP contribution >= 0.6 is 36.4 Å². The third kappa shape index (κ3) is 8.05. The number of carbonyl (C=O) groups is 2. The molecule has 26 heavy (non-hydrogen) atoms. The molecule has 148 valence electrons. The Labute approximate surface area is 171 Å². The van der Waals surface area contributed by atoms with Crippen molar-refractivity contribution in [3.05, 3.63) is 23.4 Å². The number of amides is 2. The van der Waals surface area contributed by atoms with Crippen molar-refractivity contribution < 1.29 is 14.3 Å². The molecular formula is C16H25Cl3N4O3. The number of nitrogens with one attached hydrogen (secondary N) is 2. The smallest absolute Gasteiger partial charge is 0.236 e. The highest BCUT2D eigenvalue weighted by atomic mass is 35.5. The Hall–Kier alpha value is -1.12. The number of ether oxygens (including phenoxy) is 1. The minimum absolute atomic E-state index is 0. The van der Waals surface area contributed by atoms with E-state index in [2.05, 4.69) is 15.6 Å². The van der Waals surface area contributed by atoms with Gasteiger partial charge in [-0.2, -0.15) is 0 Å². The Kier molecular flexibility index (Phi) is 12.5. The molecule has 0 spiro atoms. The lowest BCUT2D eigenvalue weighted by Gasteiger charge is -2.31. The van der Waals surface area contributed by atoms with Crippen LogP contribution in [0.4, 0.5) is 5.82 Å². The third-order valence-corrected chi connectivity index (χ3v) is 4.18. The van der Waals surface area contributed by atoms with Crippen LogP contribution in [0.2, 0.25) is 5.02 Å². The molecule has 1 aromatic rings. The summed E-state index contributed by atoms with van der Waals surface area (Å²) in [5.41, 5.74) is 0. The molecule has 2 heterocycles. The minimum atomic E-state index is -0.104. The van der Waals surface area contributed by atoms with Gasteiger partial charge in [-0.25, -0.2) is 4.98 Å². The van der Waals surface area contributed by atoms with E-state index in [0.29, 0.717) is 56.5 Å². The van der Waals surface area contributed by atoms with Crippen molar-refractivity contribution in [1.82, 2.24) is 15.2 Å². The molecule has 2 rings (SSSR count). The quantitative estimate of drug-likeness (QED) is 0.650. The summed E-state index contributed by atoms with van der Waals surface area (Å²) in [6.07, 6.45) is 2.81. The average molecular weight is 428 g/mol. The highest BCUT2D eigenvalue weighted by Crippen LogP contribution is 2.19. The summed E-state index contributed by atoms with van der Waals surface area (Å²) >= 11 is 5.77. The van der Waals surface area contributed by atoms with Crippen molar-refractivity contribution in [2.75, 3.05) is 45.2 Å². The first-order chi connectivity index (χ1) is 11.6. The second-order valence-corrected chi connectivity index (χ2v) is 6.11. The highest BCUT2D eigenvalue weighted by molar-refractivity contribution is 6.30.